The topological polar surface area (TPSA) is 100 Å². The average molecular weight is 548 g/mol. The van der Waals surface area contributed by atoms with Crippen molar-refractivity contribution >= 4 is 28.9 Å². The van der Waals surface area contributed by atoms with Gasteiger partial charge < -0.3 is 20.1 Å². The van der Waals surface area contributed by atoms with Crippen molar-refractivity contribution in [2.45, 2.75) is 44.4 Å². The highest BCUT2D eigenvalue weighted by Crippen LogP contribution is 2.43. The van der Waals surface area contributed by atoms with Crippen LogP contribution in [0.2, 0.25) is 0 Å². The first-order chi connectivity index (χ1) is 18.1. The summed E-state index contributed by atoms with van der Waals surface area (Å²) < 4.78 is 44.4. The van der Waals surface area contributed by atoms with E-state index in [1.54, 1.807) is 18.3 Å². The molecule has 2 fully saturated rings. The van der Waals surface area contributed by atoms with Crippen LogP contribution in [0.15, 0.2) is 36.7 Å². The Morgan fingerprint density at radius 3 is 2.63 bits per heavy atom. The SMILES string of the molecule is Cc1cc(Nc2nccc(C(F)(F)F)n2)cc(-c2cnc([C@]3(O)CC[C@@H](C(=O)N4CCOCC4)CC3)s2)c1. The molecular formula is C26H28F3N5O3S. The number of carbonyl (C=O) groups is 1. The second kappa shape index (κ2) is 10.6. The summed E-state index contributed by atoms with van der Waals surface area (Å²) in [5.74, 6) is -0.116. The molecule has 0 unspecified atom stereocenters. The van der Waals surface area contributed by atoms with Crippen LogP contribution in [0.5, 0.6) is 0 Å². The van der Waals surface area contributed by atoms with Crippen LogP contribution in [0.1, 0.15) is 41.9 Å². The second-order valence-corrected chi connectivity index (χ2v) is 10.8. The van der Waals surface area contributed by atoms with Gasteiger partial charge in [-0.05, 0) is 61.9 Å². The molecule has 1 amide bonds. The number of hydrogen-bond donors (Lipinski definition) is 2. The lowest BCUT2D eigenvalue weighted by molar-refractivity contribution is -0.143. The molecule has 0 bridgehead atoms. The maximum absolute atomic E-state index is 13.0. The second-order valence-electron chi connectivity index (χ2n) is 9.75. The zero-order valence-electron chi connectivity index (χ0n) is 20.8. The first-order valence-corrected chi connectivity index (χ1v) is 13.3. The number of halogens is 3. The molecule has 2 aliphatic rings. The standard InChI is InChI=1S/C26H28F3N5O3S/c1-16-12-18(14-19(13-16)32-24-30-7-4-21(33-24)26(27,28)29)20-15-31-23(38-20)25(36)5-2-17(3-6-25)22(35)34-8-10-37-11-9-34/h4,7,12-15,17,36H,2-3,5-6,8-11H2,1H3,(H,30,32,33)/t17-,25+. The summed E-state index contributed by atoms with van der Waals surface area (Å²) >= 11 is 1.38. The van der Waals surface area contributed by atoms with Crippen LogP contribution in [0.25, 0.3) is 10.4 Å². The number of aromatic nitrogens is 3. The molecule has 3 aromatic rings. The Morgan fingerprint density at radius 1 is 1.18 bits per heavy atom. The predicted octanol–water partition coefficient (Wildman–Crippen LogP) is 4.91. The van der Waals surface area contributed by atoms with E-state index in [4.69, 9.17) is 4.74 Å². The number of rotatable bonds is 5. The Balaban J connectivity index is 1.29. The van der Waals surface area contributed by atoms with Crippen molar-refractivity contribution in [1.82, 2.24) is 19.9 Å². The van der Waals surface area contributed by atoms with Crippen LogP contribution in [-0.2, 0) is 21.3 Å². The Hall–Kier alpha value is -3.09. The fraction of sp³-hybridized carbons (Fsp3) is 0.462. The van der Waals surface area contributed by atoms with Gasteiger partial charge in [-0.25, -0.2) is 15.0 Å². The third-order valence-electron chi connectivity index (χ3n) is 6.95. The third-order valence-corrected chi connectivity index (χ3v) is 8.19. The Kier molecular flexibility index (Phi) is 7.38. The zero-order chi connectivity index (χ0) is 26.9. The Labute approximate surface area is 221 Å². The van der Waals surface area contributed by atoms with Crippen LogP contribution in [-0.4, -0.2) is 57.2 Å². The number of amides is 1. The summed E-state index contributed by atoms with van der Waals surface area (Å²) in [6, 6.07) is 6.34. The summed E-state index contributed by atoms with van der Waals surface area (Å²) in [4.78, 5) is 27.5. The van der Waals surface area contributed by atoms with E-state index in [2.05, 4.69) is 20.3 Å². The molecule has 3 heterocycles. The van der Waals surface area contributed by atoms with Gasteiger partial charge in [0.05, 0.1) is 18.1 Å². The fourth-order valence-corrected chi connectivity index (χ4v) is 5.97. The minimum absolute atomic E-state index is 0.101. The highest BCUT2D eigenvalue weighted by Gasteiger charge is 2.40. The van der Waals surface area contributed by atoms with E-state index in [0.717, 1.165) is 28.3 Å². The van der Waals surface area contributed by atoms with Crippen molar-refractivity contribution in [2.24, 2.45) is 5.92 Å². The maximum Gasteiger partial charge on any atom is 0.433 e. The molecule has 1 aliphatic carbocycles. The Bertz CT molecular complexity index is 1300. The zero-order valence-corrected chi connectivity index (χ0v) is 21.6. The average Bonchev–Trinajstić information content (AvgIpc) is 3.40. The number of nitrogens with one attached hydrogen (secondary N) is 1. The molecule has 2 aromatic heterocycles. The molecule has 1 saturated heterocycles. The lowest BCUT2D eigenvalue weighted by atomic mass is 9.78. The van der Waals surface area contributed by atoms with Gasteiger partial charge in [-0.1, -0.05) is 6.07 Å². The molecule has 1 saturated carbocycles. The molecule has 0 spiro atoms. The van der Waals surface area contributed by atoms with Crippen LogP contribution >= 0.6 is 11.3 Å². The highest BCUT2D eigenvalue weighted by atomic mass is 32.1. The van der Waals surface area contributed by atoms with Gasteiger partial charge in [0.2, 0.25) is 11.9 Å². The van der Waals surface area contributed by atoms with E-state index in [-0.39, 0.29) is 17.8 Å². The number of morpholine rings is 1. The van der Waals surface area contributed by atoms with Crippen molar-refractivity contribution in [3.05, 3.63) is 52.9 Å². The molecular weight excluding hydrogens is 519 g/mol. The largest absolute Gasteiger partial charge is 0.433 e. The number of carbonyl (C=O) groups excluding carboxylic acids is 1. The van der Waals surface area contributed by atoms with Crippen molar-refractivity contribution in [2.75, 3.05) is 31.6 Å². The number of alkyl halides is 3. The summed E-state index contributed by atoms with van der Waals surface area (Å²) in [7, 11) is 0. The Morgan fingerprint density at radius 2 is 1.92 bits per heavy atom. The number of ether oxygens (including phenoxy) is 1. The van der Waals surface area contributed by atoms with Gasteiger partial charge in [-0.15, -0.1) is 11.3 Å². The predicted molar refractivity (Wildman–Crippen MR) is 136 cm³/mol. The maximum atomic E-state index is 13.0. The van der Waals surface area contributed by atoms with E-state index in [1.165, 1.54) is 11.3 Å². The monoisotopic (exact) mass is 547 g/mol. The van der Waals surface area contributed by atoms with Gasteiger partial charge in [-0.3, -0.25) is 4.79 Å². The summed E-state index contributed by atoms with van der Waals surface area (Å²) in [6.07, 6.45) is 0.290. The van der Waals surface area contributed by atoms with Crippen molar-refractivity contribution in [3.8, 4) is 10.4 Å². The summed E-state index contributed by atoms with van der Waals surface area (Å²) in [5, 5.41) is 14.8. The van der Waals surface area contributed by atoms with Crippen LogP contribution in [0.4, 0.5) is 24.8 Å². The van der Waals surface area contributed by atoms with Crippen molar-refractivity contribution < 1.29 is 27.8 Å². The van der Waals surface area contributed by atoms with Gasteiger partial charge in [-0.2, -0.15) is 13.2 Å². The van der Waals surface area contributed by atoms with Crippen LogP contribution in [0.3, 0.4) is 0 Å². The normalized spacial score (nSPS) is 22.3. The molecule has 12 heteroatoms. The number of aryl methyl sites for hydroxylation is 1. The first kappa shape index (κ1) is 26.5. The number of anilines is 2. The van der Waals surface area contributed by atoms with E-state index in [9.17, 15) is 23.1 Å². The van der Waals surface area contributed by atoms with Crippen molar-refractivity contribution in [1.29, 1.82) is 0 Å². The third kappa shape index (κ3) is 5.82. The minimum Gasteiger partial charge on any atom is -0.383 e. The highest BCUT2D eigenvalue weighted by molar-refractivity contribution is 7.15. The molecule has 5 rings (SSSR count). The first-order valence-electron chi connectivity index (χ1n) is 12.5. The fourth-order valence-electron chi connectivity index (χ4n) is 4.92. The smallest absolute Gasteiger partial charge is 0.383 e. The minimum atomic E-state index is -4.56. The molecule has 202 valence electrons. The van der Waals surface area contributed by atoms with E-state index in [1.807, 2.05) is 17.9 Å². The quantitative estimate of drug-likeness (QED) is 0.468. The van der Waals surface area contributed by atoms with Gasteiger partial charge in [0, 0.05) is 37.1 Å². The number of nitrogens with zero attached hydrogens (tertiary/aromatic N) is 4. The van der Waals surface area contributed by atoms with E-state index >= 15 is 0 Å². The van der Waals surface area contributed by atoms with E-state index < -0.39 is 17.5 Å². The number of benzene rings is 1. The van der Waals surface area contributed by atoms with Gasteiger partial charge >= 0.3 is 6.18 Å². The van der Waals surface area contributed by atoms with Crippen molar-refractivity contribution in [3.63, 3.8) is 0 Å². The number of hydrogen-bond acceptors (Lipinski definition) is 8. The van der Waals surface area contributed by atoms with E-state index in [0.29, 0.717) is 62.7 Å². The molecule has 1 aromatic carbocycles. The molecule has 1 aliphatic heterocycles. The summed E-state index contributed by atoms with van der Waals surface area (Å²) in [6.45, 7) is 4.23. The number of aliphatic hydroxyl groups is 1. The molecule has 0 atom stereocenters. The lowest BCUT2D eigenvalue weighted by Gasteiger charge is -2.37. The van der Waals surface area contributed by atoms with Crippen LogP contribution < -0.4 is 5.32 Å². The van der Waals surface area contributed by atoms with Gasteiger partial charge in [0.15, 0.2) is 0 Å². The molecule has 0 radical (unpaired) electrons. The lowest BCUT2D eigenvalue weighted by Crippen LogP contribution is -2.45. The number of thiazole rings is 1. The summed E-state index contributed by atoms with van der Waals surface area (Å²) in [5.41, 5.74) is 0.108. The molecule has 38 heavy (non-hydrogen) atoms. The molecule has 8 nitrogen and oxygen atoms in total. The van der Waals surface area contributed by atoms with Crippen LogP contribution in [0, 0.1) is 12.8 Å². The van der Waals surface area contributed by atoms with Gasteiger partial charge in [0.1, 0.15) is 16.3 Å². The van der Waals surface area contributed by atoms with Gasteiger partial charge in [0.25, 0.3) is 0 Å². The molecule has 2 N–H and O–H groups in total.